The maximum atomic E-state index is 12.3. The van der Waals surface area contributed by atoms with Crippen LogP contribution in [0.3, 0.4) is 0 Å². The number of hydrogen-bond donors (Lipinski definition) is 1. The van der Waals surface area contributed by atoms with E-state index in [-0.39, 0.29) is 11.3 Å². The van der Waals surface area contributed by atoms with Crippen molar-refractivity contribution in [2.24, 2.45) is 0 Å². The van der Waals surface area contributed by atoms with Crippen molar-refractivity contribution in [2.45, 2.75) is 13.1 Å². The summed E-state index contributed by atoms with van der Waals surface area (Å²) in [5.41, 5.74) is -0.772. The Labute approximate surface area is 84.0 Å². The molecule has 1 rings (SSSR count). The van der Waals surface area contributed by atoms with E-state index in [1.807, 2.05) is 0 Å². The van der Waals surface area contributed by atoms with Gasteiger partial charge in [0.1, 0.15) is 0 Å². The molecule has 0 radical (unpaired) electrons. The van der Waals surface area contributed by atoms with Crippen LogP contribution in [0.4, 0.5) is 13.2 Å². The fourth-order valence-corrected chi connectivity index (χ4v) is 1.42. The second-order valence-electron chi connectivity index (χ2n) is 2.79. The lowest BCUT2D eigenvalue weighted by Crippen LogP contribution is -2.08. The Morgan fingerprint density at radius 3 is 2.36 bits per heavy atom. The highest BCUT2D eigenvalue weighted by atomic mass is 35.5. The lowest BCUT2D eigenvalue weighted by Gasteiger charge is -2.11. The van der Waals surface area contributed by atoms with Crippen LogP contribution in [-0.2, 0) is 6.18 Å². The first-order valence-electron chi connectivity index (χ1n) is 3.75. The molecule has 1 nitrogen and oxygen atoms in total. The molecule has 0 aliphatic carbocycles. The molecule has 0 saturated carbocycles. The number of alkyl halides is 3. The first-order valence-corrected chi connectivity index (χ1v) is 4.13. The van der Waals surface area contributed by atoms with Gasteiger partial charge < -0.3 is 5.41 Å². The van der Waals surface area contributed by atoms with Crippen molar-refractivity contribution in [1.82, 2.24) is 0 Å². The quantitative estimate of drug-likeness (QED) is 0.699. The minimum absolute atomic E-state index is 0.0149. The summed E-state index contributed by atoms with van der Waals surface area (Å²) < 4.78 is 37.0. The molecular weight excluding hydrogens is 215 g/mol. The molecule has 0 amide bonds. The molecule has 1 aromatic carbocycles. The van der Waals surface area contributed by atoms with Crippen LogP contribution in [0.2, 0.25) is 5.02 Å². The molecule has 0 saturated heterocycles. The van der Waals surface area contributed by atoms with Crippen LogP contribution in [-0.4, -0.2) is 5.71 Å². The Hall–Kier alpha value is -1.03. The molecule has 0 atom stereocenters. The molecule has 1 N–H and O–H groups in total. The molecule has 0 fully saturated rings. The van der Waals surface area contributed by atoms with E-state index in [4.69, 9.17) is 17.0 Å². The maximum Gasteiger partial charge on any atom is 0.417 e. The highest BCUT2D eigenvalue weighted by Gasteiger charge is 2.33. The molecule has 0 aliphatic heterocycles. The van der Waals surface area contributed by atoms with E-state index in [0.29, 0.717) is 0 Å². The summed E-state index contributed by atoms with van der Waals surface area (Å²) in [6.07, 6.45) is -4.47. The minimum atomic E-state index is -4.47. The van der Waals surface area contributed by atoms with E-state index in [9.17, 15) is 13.2 Å². The third-order valence-electron chi connectivity index (χ3n) is 1.71. The predicted molar refractivity (Wildman–Crippen MR) is 49.0 cm³/mol. The average molecular weight is 222 g/mol. The van der Waals surface area contributed by atoms with Gasteiger partial charge in [-0.15, -0.1) is 0 Å². The van der Waals surface area contributed by atoms with Crippen LogP contribution < -0.4 is 0 Å². The lowest BCUT2D eigenvalue weighted by atomic mass is 10.1. The third kappa shape index (κ3) is 2.07. The van der Waals surface area contributed by atoms with Gasteiger partial charge in [-0.1, -0.05) is 23.7 Å². The fourth-order valence-electron chi connectivity index (χ4n) is 1.04. The molecule has 14 heavy (non-hydrogen) atoms. The van der Waals surface area contributed by atoms with Gasteiger partial charge in [0.15, 0.2) is 0 Å². The van der Waals surface area contributed by atoms with Gasteiger partial charge in [-0.05, 0) is 13.0 Å². The largest absolute Gasteiger partial charge is 0.417 e. The van der Waals surface area contributed by atoms with E-state index in [2.05, 4.69) is 0 Å². The number of nitrogens with one attached hydrogen (secondary N) is 1. The van der Waals surface area contributed by atoms with Gasteiger partial charge in [0.2, 0.25) is 0 Å². The van der Waals surface area contributed by atoms with Crippen LogP contribution in [0.5, 0.6) is 0 Å². The summed E-state index contributed by atoms with van der Waals surface area (Å²) in [6, 6.07) is 3.52. The normalized spacial score (nSPS) is 11.5. The zero-order valence-electron chi connectivity index (χ0n) is 7.24. The van der Waals surface area contributed by atoms with Crippen LogP contribution in [0.25, 0.3) is 0 Å². The Kier molecular flexibility index (Phi) is 2.85. The first-order chi connectivity index (χ1) is 6.34. The third-order valence-corrected chi connectivity index (χ3v) is 2.12. The number of rotatable bonds is 1. The Balaban J connectivity index is 3.35. The van der Waals surface area contributed by atoms with Gasteiger partial charge in [-0.2, -0.15) is 13.2 Å². The van der Waals surface area contributed by atoms with E-state index in [0.717, 1.165) is 6.07 Å². The van der Waals surface area contributed by atoms with Crippen molar-refractivity contribution in [1.29, 1.82) is 5.41 Å². The smallest absolute Gasteiger partial charge is 0.305 e. The topological polar surface area (TPSA) is 23.9 Å². The zero-order valence-corrected chi connectivity index (χ0v) is 8.00. The van der Waals surface area contributed by atoms with Crippen molar-refractivity contribution < 1.29 is 13.2 Å². The molecule has 0 unspecified atom stereocenters. The molecule has 0 heterocycles. The SMILES string of the molecule is CC(=N)c1cccc(C(F)(F)F)c1Cl. The van der Waals surface area contributed by atoms with Crippen LogP contribution in [0.1, 0.15) is 18.1 Å². The second-order valence-corrected chi connectivity index (χ2v) is 3.17. The summed E-state index contributed by atoms with van der Waals surface area (Å²) in [5.74, 6) is 0. The Bertz CT molecular complexity index is 371. The molecule has 0 aliphatic rings. The number of halogens is 4. The Morgan fingerprint density at radius 1 is 1.36 bits per heavy atom. The van der Waals surface area contributed by atoms with Crippen molar-refractivity contribution in [2.75, 3.05) is 0 Å². The summed E-state index contributed by atoms with van der Waals surface area (Å²) in [4.78, 5) is 0. The molecule has 76 valence electrons. The first kappa shape index (κ1) is 11.0. The van der Waals surface area contributed by atoms with E-state index < -0.39 is 16.8 Å². The van der Waals surface area contributed by atoms with Gasteiger partial charge >= 0.3 is 6.18 Å². The van der Waals surface area contributed by atoms with Crippen molar-refractivity contribution in [3.63, 3.8) is 0 Å². The zero-order chi connectivity index (χ0) is 10.9. The van der Waals surface area contributed by atoms with Crippen molar-refractivity contribution in [3.8, 4) is 0 Å². The summed E-state index contributed by atoms with van der Waals surface area (Å²) in [5, 5.41) is 6.82. The highest BCUT2D eigenvalue weighted by molar-refractivity contribution is 6.34. The molecule has 1 aromatic rings. The van der Waals surface area contributed by atoms with E-state index in [1.165, 1.54) is 19.1 Å². The van der Waals surface area contributed by atoms with Crippen molar-refractivity contribution in [3.05, 3.63) is 34.3 Å². The van der Waals surface area contributed by atoms with Crippen LogP contribution >= 0.6 is 11.6 Å². The standard InChI is InChI=1S/C9H7ClF3N/c1-5(14)6-3-2-4-7(8(6)10)9(11,12)13/h2-4,14H,1H3. The van der Waals surface area contributed by atoms with Crippen LogP contribution in [0.15, 0.2) is 18.2 Å². The molecular formula is C9H7ClF3N. The molecule has 0 spiro atoms. The van der Waals surface area contributed by atoms with Crippen molar-refractivity contribution >= 4 is 17.3 Å². The summed E-state index contributed by atoms with van der Waals surface area (Å²) >= 11 is 5.53. The fraction of sp³-hybridized carbons (Fsp3) is 0.222. The van der Waals surface area contributed by atoms with Gasteiger partial charge in [0.05, 0.1) is 10.6 Å². The summed E-state index contributed by atoms with van der Waals surface area (Å²) in [6.45, 7) is 1.39. The van der Waals surface area contributed by atoms with Gasteiger partial charge in [-0.25, -0.2) is 0 Å². The minimum Gasteiger partial charge on any atom is -0.305 e. The van der Waals surface area contributed by atoms with Gasteiger partial charge in [0, 0.05) is 11.3 Å². The average Bonchev–Trinajstić information content (AvgIpc) is 2.01. The van der Waals surface area contributed by atoms with Gasteiger partial charge in [0.25, 0.3) is 0 Å². The Morgan fingerprint density at radius 2 is 1.93 bits per heavy atom. The molecule has 5 heteroatoms. The van der Waals surface area contributed by atoms with Gasteiger partial charge in [-0.3, -0.25) is 0 Å². The maximum absolute atomic E-state index is 12.3. The second kappa shape index (κ2) is 3.61. The monoisotopic (exact) mass is 221 g/mol. The molecule has 0 aromatic heterocycles. The highest BCUT2D eigenvalue weighted by Crippen LogP contribution is 2.36. The summed E-state index contributed by atoms with van der Waals surface area (Å²) in [7, 11) is 0. The lowest BCUT2D eigenvalue weighted by molar-refractivity contribution is -0.137. The predicted octanol–water partition coefficient (Wildman–Crippen LogP) is 3.75. The molecule has 0 bridgehead atoms. The van der Waals surface area contributed by atoms with E-state index >= 15 is 0 Å². The number of hydrogen-bond acceptors (Lipinski definition) is 1. The van der Waals surface area contributed by atoms with Crippen LogP contribution in [0, 0.1) is 5.41 Å². The number of benzene rings is 1. The van der Waals surface area contributed by atoms with E-state index in [1.54, 1.807) is 0 Å².